The van der Waals surface area contributed by atoms with Gasteiger partial charge in [-0.05, 0) is 66.2 Å². The minimum atomic E-state index is -0.709. The second-order valence-electron chi connectivity index (χ2n) is 6.79. The van der Waals surface area contributed by atoms with Gasteiger partial charge in [0.05, 0.1) is 10.3 Å². The lowest BCUT2D eigenvalue weighted by molar-refractivity contribution is -0.144. The van der Waals surface area contributed by atoms with E-state index in [1.54, 1.807) is 42.5 Å². The molecular weight excluding hydrogens is 377 g/mol. The highest BCUT2D eigenvalue weighted by Gasteiger charge is 2.47. The minimum Gasteiger partial charge on any atom is -0.426 e. The molecule has 2 aromatic carbocycles. The summed E-state index contributed by atoms with van der Waals surface area (Å²) < 4.78 is 18.8. The molecule has 0 unspecified atom stereocenters. The maximum absolute atomic E-state index is 13.2. The molecular formula is C22H18FNO3S. The van der Waals surface area contributed by atoms with Gasteiger partial charge in [-0.2, -0.15) is 0 Å². The average Bonchev–Trinajstić information content (AvgIpc) is 3.19. The van der Waals surface area contributed by atoms with Gasteiger partial charge >= 0.3 is 5.97 Å². The van der Waals surface area contributed by atoms with E-state index in [4.69, 9.17) is 4.74 Å². The summed E-state index contributed by atoms with van der Waals surface area (Å²) in [6, 6.07) is 16.3. The molecule has 0 spiro atoms. The van der Waals surface area contributed by atoms with Crippen LogP contribution in [0.25, 0.3) is 0 Å². The van der Waals surface area contributed by atoms with Crippen LogP contribution >= 0.6 is 11.3 Å². The fourth-order valence-corrected chi connectivity index (χ4v) is 3.94. The molecule has 142 valence electrons. The summed E-state index contributed by atoms with van der Waals surface area (Å²) in [6.45, 7) is 0. The molecule has 1 amide bonds. The topological polar surface area (TPSA) is 55.4 Å². The van der Waals surface area contributed by atoms with Gasteiger partial charge in [-0.15, -0.1) is 11.3 Å². The highest BCUT2D eigenvalue weighted by Crippen LogP contribution is 2.45. The fraction of sp³-hybridized carbons (Fsp3) is 0.182. The van der Waals surface area contributed by atoms with Crippen LogP contribution in [0.1, 0.15) is 34.5 Å². The van der Waals surface area contributed by atoms with Gasteiger partial charge in [0.15, 0.2) is 0 Å². The molecule has 0 atom stereocenters. The third kappa shape index (κ3) is 3.55. The predicted molar refractivity (Wildman–Crippen MR) is 106 cm³/mol. The maximum Gasteiger partial charge on any atom is 0.321 e. The molecule has 1 heterocycles. The van der Waals surface area contributed by atoms with Crippen molar-refractivity contribution in [1.82, 2.24) is 0 Å². The summed E-state index contributed by atoms with van der Waals surface area (Å²) >= 11 is 1.37. The van der Waals surface area contributed by atoms with Gasteiger partial charge in [0.25, 0.3) is 5.91 Å². The Balaban J connectivity index is 1.44. The number of anilines is 1. The lowest BCUT2D eigenvalue weighted by Crippen LogP contribution is -2.45. The monoisotopic (exact) mass is 395 g/mol. The van der Waals surface area contributed by atoms with E-state index >= 15 is 0 Å². The molecule has 1 saturated carbocycles. The molecule has 28 heavy (non-hydrogen) atoms. The van der Waals surface area contributed by atoms with Crippen molar-refractivity contribution in [2.75, 3.05) is 5.32 Å². The number of esters is 1. The summed E-state index contributed by atoms with van der Waals surface area (Å²) in [5.41, 5.74) is 0.694. The van der Waals surface area contributed by atoms with Gasteiger partial charge in [-0.1, -0.05) is 24.6 Å². The van der Waals surface area contributed by atoms with Gasteiger partial charge in [-0.3, -0.25) is 9.59 Å². The van der Waals surface area contributed by atoms with Crippen molar-refractivity contribution in [3.8, 4) is 5.75 Å². The summed E-state index contributed by atoms with van der Waals surface area (Å²) in [5.74, 6) is -0.426. The largest absolute Gasteiger partial charge is 0.426 e. The SMILES string of the molecule is O=C(Nc1ccc(OC(=O)C2(c3ccc(F)cc3)CCC2)cc1)c1cccs1. The average molecular weight is 395 g/mol. The first-order chi connectivity index (χ1) is 13.6. The van der Waals surface area contributed by atoms with Crippen LogP contribution in [0, 0.1) is 5.82 Å². The zero-order chi connectivity index (χ0) is 19.6. The van der Waals surface area contributed by atoms with Crippen molar-refractivity contribution in [2.45, 2.75) is 24.7 Å². The number of thiophene rings is 1. The third-order valence-corrected chi connectivity index (χ3v) is 5.93. The molecule has 1 aromatic heterocycles. The van der Waals surface area contributed by atoms with Crippen LogP contribution in [0.15, 0.2) is 66.0 Å². The molecule has 3 aromatic rings. The summed E-state index contributed by atoms with van der Waals surface area (Å²) in [5, 5.41) is 4.65. The number of carbonyl (C=O) groups excluding carboxylic acids is 2. The minimum absolute atomic E-state index is 0.176. The highest BCUT2D eigenvalue weighted by molar-refractivity contribution is 7.12. The first-order valence-corrected chi connectivity index (χ1v) is 9.88. The van der Waals surface area contributed by atoms with E-state index in [0.29, 0.717) is 29.2 Å². The van der Waals surface area contributed by atoms with Gasteiger partial charge < -0.3 is 10.1 Å². The Kier molecular flexibility index (Phi) is 4.96. The van der Waals surface area contributed by atoms with E-state index in [9.17, 15) is 14.0 Å². The third-order valence-electron chi connectivity index (χ3n) is 5.06. The smallest absolute Gasteiger partial charge is 0.321 e. The van der Waals surface area contributed by atoms with Crippen molar-refractivity contribution in [1.29, 1.82) is 0 Å². The number of amides is 1. The zero-order valence-corrected chi connectivity index (χ0v) is 15.8. The molecule has 4 rings (SSSR count). The Labute approximate surface area is 166 Å². The number of nitrogens with one attached hydrogen (secondary N) is 1. The van der Waals surface area contributed by atoms with Gasteiger partial charge in [0.2, 0.25) is 0 Å². The number of ether oxygens (including phenoxy) is 1. The molecule has 6 heteroatoms. The molecule has 0 radical (unpaired) electrons. The van der Waals surface area contributed by atoms with Crippen LogP contribution in [-0.2, 0) is 10.2 Å². The number of halogens is 1. The summed E-state index contributed by atoms with van der Waals surface area (Å²) in [4.78, 5) is 25.5. The summed E-state index contributed by atoms with van der Waals surface area (Å²) in [6.07, 6.45) is 2.30. The number of rotatable bonds is 5. The Morgan fingerprint density at radius 2 is 1.71 bits per heavy atom. The molecule has 1 aliphatic rings. The van der Waals surface area contributed by atoms with E-state index in [0.717, 1.165) is 12.0 Å². The lowest BCUT2D eigenvalue weighted by Gasteiger charge is -2.39. The van der Waals surface area contributed by atoms with Crippen LogP contribution < -0.4 is 10.1 Å². The lowest BCUT2D eigenvalue weighted by atomic mass is 9.64. The molecule has 0 bridgehead atoms. The molecule has 0 saturated heterocycles. The molecule has 0 aliphatic heterocycles. The predicted octanol–water partition coefficient (Wildman–Crippen LogP) is 5.17. The van der Waals surface area contributed by atoms with Crippen LogP contribution in [0.2, 0.25) is 0 Å². The number of carbonyl (C=O) groups is 2. The van der Waals surface area contributed by atoms with Crippen molar-refractivity contribution < 1.29 is 18.7 Å². The molecule has 1 N–H and O–H groups in total. The number of hydrogen-bond donors (Lipinski definition) is 1. The highest BCUT2D eigenvalue weighted by atomic mass is 32.1. The normalized spacial score (nSPS) is 14.8. The van der Waals surface area contributed by atoms with E-state index in [-0.39, 0.29) is 17.7 Å². The van der Waals surface area contributed by atoms with Crippen LogP contribution in [-0.4, -0.2) is 11.9 Å². The summed E-state index contributed by atoms with van der Waals surface area (Å²) in [7, 11) is 0. The van der Waals surface area contributed by atoms with E-state index < -0.39 is 5.41 Å². The Bertz CT molecular complexity index is 978. The molecule has 1 fully saturated rings. The molecule has 4 nitrogen and oxygen atoms in total. The number of benzene rings is 2. The molecule has 1 aliphatic carbocycles. The quantitative estimate of drug-likeness (QED) is 0.479. The second-order valence-corrected chi connectivity index (χ2v) is 7.74. The standard InChI is InChI=1S/C22H18FNO3S/c23-16-6-4-15(5-7-16)22(12-2-13-22)21(26)27-18-10-8-17(9-11-18)24-20(25)19-3-1-14-28-19/h1,3-11,14H,2,12-13H2,(H,24,25). The number of hydrogen-bond acceptors (Lipinski definition) is 4. The van der Waals surface area contributed by atoms with Crippen LogP contribution in [0.4, 0.5) is 10.1 Å². The first kappa shape index (κ1) is 18.4. The van der Waals surface area contributed by atoms with Gasteiger partial charge in [-0.25, -0.2) is 4.39 Å². The Hall–Kier alpha value is -2.99. The Morgan fingerprint density at radius 1 is 1.00 bits per heavy atom. The Morgan fingerprint density at radius 3 is 2.29 bits per heavy atom. The van der Waals surface area contributed by atoms with E-state index in [2.05, 4.69) is 5.32 Å². The van der Waals surface area contributed by atoms with Crippen molar-refractivity contribution in [3.63, 3.8) is 0 Å². The second kappa shape index (κ2) is 7.56. The van der Waals surface area contributed by atoms with E-state index in [1.165, 1.54) is 23.5 Å². The van der Waals surface area contributed by atoms with Crippen LogP contribution in [0.5, 0.6) is 5.75 Å². The first-order valence-electron chi connectivity index (χ1n) is 9.00. The fourth-order valence-electron chi connectivity index (χ4n) is 3.32. The van der Waals surface area contributed by atoms with Crippen molar-refractivity contribution >= 4 is 28.9 Å². The van der Waals surface area contributed by atoms with Crippen LogP contribution in [0.3, 0.4) is 0 Å². The van der Waals surface area contributed by atoms with Gasteiger partial charge in [0, 0.05) is 5.69 Å². The maximum atomic E-state index is 13.2. The van der Waals surface area contributed by atoms with Crippen molar-refractivity contribution in [2.24, 2.45) is 0 Å². The zero-order valence-electron chi connectivity index (χ0n) is 15.0. The van der Waals surface area contributed by atoms with Gasteiger partial charge in [0.1, 0.15) is 11.6 Å². The van der Waals surface area contributed by atoms with Crippen molar-refractivity contribution in [3.05, 3.63) is 82.3 Å². The van der Waals surface area contributed by atoms with E-state index in [1.807, 2.05) is 11.4 Å².